The fraction of sp³-hybridized carbons (Fsp3) is 0.500. The van der Waals surface area contributed by atoms with E-state index < -0.39 is 0 Å². The highest BCUT2D eigenvalue weighted by molar-refractivity contribution is 6.33. The first-order valence-electron chi connectivity index (χ1n) is 5.63. The molecule has 0 aliphatic rings. The van der Waals surface area contributed by atoms with E-state index in [1.54, 1.807) is 12.3 Å². The zero-order valence-corrected chi connectivity index (χ0v) is 10.6. The highest BCUT2D eigenvalue weighted by atomic mass is 35.5. The van der Waals surface area contributed by atoms with Crippen molar-refractivity contribution in [2.75, 3.05) is 13.2 Å². The first kappa shape index (κ1) is 13.9. The van der Waals surface area contributed by atoms with Crippen LogP contribution in [-0.4, -0.2) is 29.1 Å². The third-order valence-electron chi connectivity index (χ3n) is 2.48. The smallest absolute Gasteiger partial charge is 0.254 e. The molecule has 1 unspecified atom stereocenters. The summed E-state index contributed by atoms with van der Waals surface area (Å²) in [5, 5.41) is 12.0. The Morgan fingerprint density at radius 2 is 2.41 bits per heavy atom. The van der Waals surface area contributed by atoms with Crippen LogP contribution in [-0.2, 0) is 0 Å². The van der Waals surface area contributed by atoms with Crippen LogP contribution in [0.4, 0.5) is 0 Å². The molecule has 0 bridgehead atoms. The third-order valence-corrected chi connectivity index (χ3v) is 2.81. The number of aliphatic hydroxyl groups is 1. The minimum absolute atomic E-state index is 0.183. The van der Waals surface area contributed by atoms with Crippen LogP contribution in [0, 0.1) is 5.92 Å². The lowest BCUT2D eigenvalue weighted by molar-refractivity contribution is 0.0952. The van der Waals surface area contributed by atoms with Gasteiger partial charge < -0.3 is 10.4 Å². The van der Waals surface area contributed by atoms with Crippen LogP contribution in [0.2, 0.25) is 5.02 Å². The molecule has 0 aliphatic heterocycles. The number of aliphatic hydroxyl groups excluding tert-OH is 1. The molecule has 0 fully saturated rings. The van der Waals surface area contributed by atoms with Gasteiger partial charge in [-0.2, -0.15) is 0 Å². The Morgan fingerprint density at radius 1 is 1.65 bits per heavy atom. The second kappa shape index (κ2) is 7.25. The summed E-state index contributed by atoms with van der Waals surface area (Å²) in [6, 6.07) is 1.59. The van der Waals surface area contributed by atoms with Crippen LogP contribution in [0.5, 0.6) is 0 Å². The highest BCUT2D eigenvalue weighted by Crippen LogP contribution is 2.13. The molecule has 0 saturated carbocycles. The molecule has 0 aromatic carbocycles. The van der Waals surface area contributed by atoms with Gasteiger partial charge in [-0.05, 0) is 24.8 Å². The number of carbonyl (C=O) groups is 1. The standard InChI is InChI=1S/C12H17ClN2O2/c1-9(8-16)3-2-5-15-12(17)10-7-14-6-4-11(10)13/h4,6-7,9,16H,2-3,5,8H2,1H3,(H,15,17). The van der Waals surface area contributed by atoms with E-state index in [4.69, 9.17) is 16.7 Å². The quantitative estimate of drug-likeness (QED) is 0.764. The molecular weight excluding hydrogens is 240 g/mol. The topological polar surface area (TPSA) is 62.2 Å². The first-order valence-corrected chi connectivity index (χ1v) is 6.01. The van der Waals surface area contributed by atoms with Crippen molar-refractivity contribution in [2.45, 2.75) is 19.8 Å². The maximum atomic E-state index is 11.7. The Bertz CT molecular complexity index is 371. The van der Waals surface area contributed by atoms with Crippen LogP contribution in [0.25, 0.3) is 0 Å². The lowest BCUT2D eigenvalue weighted by Crippen LogP contribution is -2.25. The summed E-state index contributed by atoms with van der Waals surface area (Å²) in [7, 11) is 0. The maximum Gasteiger partial charge on any atom is 0.254 e. The van der Waals surface area contributed by atoms with Gasteiger partial charge >= 0.3 is 0 Å². The van der Waals surface area contributed by atoms with Gasteiger partial charge in [-0.1, -0.05) is 18.5 Å². The summed E-state index contributed by atoms with van der Waals surface area (Å²) in [4.78, 5) is 15.6. The van der Waals surface area contributed by atoms with Crippen molar-refractivity contribution in [3.63, 3.8) is 0 Å². The van der Waals surface area contributed by atoms with Gasteiger partial charge in [0.1, 0.15) is 0 Å². The number of rotatable bonds is 6. The predicted molar refractivity (Wildman–Crippen MR) is 67.1 cm³/mol. The molecule has 1 aromatic heterocycles. The number of nitrogens with zero attached hydrogens (tertiary/aromatic N) is 1. The largest absolute Gasteiger partial charge is 0.396 e. The van der Waals surface area contributed by atoms with E-state index in [-0.39, 0.29) is 18.4 Å². The number of pyridine rings is 1. The number of aromatic nitrogens is 1. The SMILES string of the molecule is CC(CO)CCCNC(=O)c1cnccc1Cl. The van der Waals surface area contributed by atoms with Gasteiger partial charge in [0.25, 0.3) is 5.91 Å². The van der Waals surface area contributed by atoms with E-state index in [1.165, 1.54) is 6.20 Å². The van der Waals surface area contributed by atoms with Crippen molar-refractivity contribution in [3.05, 3.63) is 29.0 Å². The lowest BCUT2D eigenvalue weighted by atomic mass is 10.1. The van der Waals surface area contributed by atoms with E-state index in [9.17, 15) is 4.79 Å². The molecule has 94 valence electrons. The fourth-order valence-electron chi connectivity index (χ4n) is 1.38. The van der Waals surface area contributed by atoms with E-state index in [0.717, 1.165) is 12.8 Å². The lowest BCUT2D eigenvalue weighted by Gasteiger charge is -2.08. The Morgan fingerprint density at radius 3 is 3.06 bits per heavy atom. The molecule has 1 atom stereocenters. The van der Waals surface area contributed by atoms with E-state index in [1.807, 2.05) is 6.92 Å². The second-order valence-electron chi connectivity index (χ2n) is 4.04. The number of nitrogens with one attached hydrogen (secondary N) is 1. The summed E-state index contributed by atoms with van der Waals surface area (Å²) in [5.41, 5.74) is 0.393. The van der Waals surface area contributed by atoms with Gasteiger partial charge in [-0.15, -0.1) is 0 Å². The van der Waals surface area contributed by atoms with E-state index >= 15 is 0 Å². The van der Waals surface area contributed by atoms with Crippen LogP contribution >= 0.6 is 11.6 Å². The van der Waals surface area contributed by atoms with Crippen molar-refractivity contribution < 1.29 is 9.90 Å². The average molecular weight is 257 g/mol. The minimum Gasteiger partial charge on any atom is -0.396 e. The monoisotopic (exact) mass is 256 g/mol. The minimum atomic E-state index is -0.209. The molecule has 0 saturated heterocycles. The van der Waals surface area contributed by atoms with Crippen molar-refractivity contribution in [2.24, 2.45) is 5.92 Å². The molecule has 1 amide bonds. The normalized spacial score (nSPS) is 12.2. The zero-order chi connectivity index (χ0) is 12.7. The molecule has 17 heavy (non-hydrogen) atoms. The average Bonchev–Trinajstić information content (AvgIpc) is 2.34. The molecule has 1 rings (SSSR count). The number of halogens is 1. The van der Waals surface area contributed by atoms with E-state index in [2.05, 4.69) is 10.3 Å². The van der Waals surface area contributed by atoms with Crippen LogP contribution in [0.1, 0.15) is 30.1 Å². The van der Waals surface area contributed by atoms with Crippen LogP contribution < -0.4 is 5.32 Å². The van der Waals surface area contributed by atoms with Crippen molar-refractivity contribution >= 4 is 17.5 Å². The molecule has 1 heterocycles. The van der Waals surface area contributed by atoms with Gasteiger partial charge in [0.05, 0.1) is 10.6 Å². The zero-order valence-electron chi connectivity index (χ0n) is 9.82. The van der Waals surface area contributed by atoms with Gasteiger partial charge in [-0.3, -0.25) is 9.78 Å². The Hall–Kier alpha value is -1.13. The van der Waals surface area contributed by atoms with Gasteiger partial charge in [0, 0.05) is 25.5 Å². The molecule has 4 nitrogen and oxygen atoms in total. The molecule has 0 aliphatic carbocycles. The number of amides is 1. The van der Waals surface area contributed by atoms with Crippen molar-refractivity contribution in [1.29, 1.82) is 0 Å². The fourth-order valence-corrected chi connectivity index (χ4v) is 1.57. The van der Waals surface area contributed by atoms with E-state index in [0.29, 0.717) is 17.1 Å². The van der Waals surface area contributed by atoms with Gasteiger partial charge in [0.2, 0.25) is 0 Å². The third kappa shape index (κ3) is 4.71. The first-order chi connectivity index (χ1) is 8.15. The molecule has 0 radical (unpaired) electrons. The highest BCUT2D eigenvalue weighted by Gasteiger charge is 2.09. The van der Waals surface area contributed by atoms with Gasteiger partial charge in [-0.25, -0.2) is 0 Å². The summed E-state index contributed by atoms with van der Waals surface area (Å²) in [5.74, 6) is 0.0635. The Kier molecular flexibility index (Phi) is 5.94. The summed E-state index contributed by atoms with van der Waals surface area (Å²) in [6.07, 6.45) is 4.72. The number of carbonyl (C=O) groups excluding carboxylic acids is 1. The van der Waals surface area contributed by atoms with Gasteiger partial charge in [0.15, 0.2) is 0 Å². The second-order valence-corrected chi connectivity index (χ2v) is 4.45. The molecule has 0 spiro atoms. The Labute approximate surface area is 106 Å². The van der Waals surface area contributed by atoms with Crippen LogP contribution in [0.15, 0.2) is 18.5 Å². The van der Waals surface area contributed by atoms with Crippen LogP contribution in [0.3, 0.4) is 0 Å². The molecule has 1 aromatic rings. The summed E-state index contributed by atoms with van der Waals surface area (Å²) < 4.78 is 0. The molecule has 2 N–H and O–H groups in total. The summed E-state index contributed by atoms with van der Waals surface area (Å²) in [6.45, 7) is 2.73. The number of hydrogen-bond acceptors (Lipinski definition) is 3. The molecule has 5 heteroatoms. The van der Waals surface area contributed by atoms with Crippen molar-refractivity contribution in [1.82, 2.24) is 10.3 Å². The van der Waals surface area contributed by atoms with Crippen molar-refractivity contribution in [3.8, 4) is 0 Å². The maximum absolute atomic E-state index is 11.7. The number of hydrogen-bond donors (Lipinski definition) is 2. The Balaban J connectivity index is 2.33. The summed E-state index contributed by atoms with van der Waals surface area (Å²) >= 11 is 5.87. The predicted octanol–water partition coefficient (Wildman–Crippen LogP) is 1.87. The molecular formula is C12H17ClN2O2.